The van der Waals surface area contributed by atoms with Gasteiger partial charge in [-0.25, -0.2) is 4.79 Å². The highest BCUT2D eigenvalue weighted by Crippen LogP contribution is 2.46. The molecule has 21 heavy (non-hydrogen) atoms. The number of carbonyl (C=O) groups excluding carboxylic acids is 2. The van der Waals surface area contributed by atoms with Gasteiger partial charge in [-0.3, -0.25) is 4.90 Å². The second kappa shape index (κ2) is 4.76. The Labute approximate surface area is 123 Å². The van der Waals surface area contributed by atoms with Crippen LogP contribution in [0, 0.1) is 0 Å². The van der Waals surface area contributed by atoms with E-state index in [1.807, 2.05) is 45.0 Å². The largest absolute Gasteiger partial charge is 0.487 e. The average molecular weight is 289 g/mol. The number of fused-ring (bicyclic) bond motifs is 4. The Balaban J connectivity index is 1.96. The van der Waals surface area contributed by atoms with E-state index < -0.39 is 17.7 Å². The van der Waals surface area contributed by atoms with Crippen molar-refractivity contribution in [2.75, 3.05) is 0 Å². The standard InChI is InChI=1S/C16H19NO4/c1-16(2,3)21-15(19)17-11-8-14(12(17)9-18)20-13-7-5-4-6-10(11)13/h4-7,9,11-12,14H,8H2,1-3H3/t11-,12?,14-/m0/s1. The van der Waals surface area contributed by atoms with Crippen LogP contribution in [0.3, 0.4) is 0 Å². The predicted octanol–water partition coefficient (Wildman–Crippen LogP) is 2.70. The maximum atomic E-state index is 12.5. The van der Waals surface area contributed by atoms with E-state index in [0.29, 0.717) is 6.42 Å². The van der Waals surface area contributed by atoms with Crippen molar-refractivity contribution in [3.8, 4) is 5.75 Å². The number of amides is 1. The van der Waals surface area contributed by atoms with Crippen molar-refractivity contribution in [2.45, 2.75) is 51.0 Å². The molecule has 0 N–H and O–H groups in total. The number of benzene rings is 1. The lowest BCUT2D eigenvalue weighted by atomic mass is 10.00. The molecular formula is C16H19NO4. The van der Waals surface area contributed by atoms with Crippen molar-refractivity contribution in [1.82, 2.24) is 4.90 Å². The van der Waals surface area contributed by atoms with Gasteiger partial charge in [-0.2, -0.15) is 0 Å². The number of para-hydroxylation sites is 1. The van der Waals surface area contributed by atoms with Crippen LogP contribution in [-0.4, -0.2) is 35.0 Å². The minimum absolute atomic E-state index is 0.162. The molecule has 2 bridgehead atoms. The number of nitrogens with zero attached hydrogens (tertiary/aromatic N) is 1. The van der Waals surface area contributed by atoms with Gasteiger partial charge in [-0.1, -0.05) is 18.2 Å². The molecule has 3 atom stereocenters. The van der Waals surface area contributed by atoms with Gasteiger partial charge in [0, 0.05) is 12.0 Å². The van der Waals surface area contributed by atoms with E-state index >= 15 is 0 Å². The molecule has 0 radical (unpaired) electrons. The summed E-state index contributed by atoms with van der Waals surface area (Å²) in [4.78, 5) is 25.4. The lowest BCUT2D eigenvalue weighted by Crippen LogP contribution is -2.44. The normalized spacial score (nSPS) is 26.8. The quantitative estimate of drug-likeness (QED) is 0.746. The average Bonchev–Trinajstić information content (AvgIpc) is 2.70. The Hall–Kier alpha value is -2.04. The fraction of sp³-hybridized carbons (Fsp3) is 0.500. The maximum Gasteiger partial charge on any atom is 0.411 e. The van der Waals surface area contributed by atoms with Gasteiger partial charge < -0.3 is 14.3 Å². The Kier molecular flexibility index (Phi) is 3.15. The molecule has 1 unspecified atom stereocenters. The van der Waals surface area contributed by atoms with Crippen LogP contribution in [0.2, 0.25) is 0 Å². The first kappa shape index (κ1) is 13.9. The number of hydrogen-bond acceptors (Lipinski definition) is 4. The van der Waals surface area contributed by atoms with Crippen molar-refractivity contribution in [3.63, 3.8) is 0 Å². The summed E-state index contributed by atoms with van der Waals surface area (Å²) in [6, 6.07) is 6.83. The SMILES string of the molecule is CC(C)(C)OC(=O)N1C(C=O)[C@@H]2C[C@H]1c1ccccc1O2. The molecule has 2 heterocycles. The number of rotatable bonds is 1. The highest BCUT2D eigenvalue weighted by atomic mass is 16.6. The molecule has 3 rings (SSSR count). The van der Waals surface area contributed by atoms with Crippen LogP contribution in [0.15, 0.2) is 24.3 Å². The summed E-state index contributed by atoms with van der Waals surface area (Å²) < 4.78 is 11.3. The van der Waals surface area contributed by atoms with Crippen LogP contribution in [0.25, 0.3) is 0 Å². The molecule has 2 aliphatic heterocycles. The molecular weight excluding hydrogens is 270 g/mol. The van der Waals surface area contributed by atoms with Gasteiger partial charge in [0.15, 0.2) is 0 Å². The van der Waals surface area contributed by atoms with E-state index in [2.05, 4.69) is 0 Å². The van der Waals surface area contributed by atoms with Gasteiger partial charge in [-0.05, 0) is 26.8 Å². The number of hydrogen-bond donors (Lipinski definition) is 0. The summed E-state index contributed by atoms with van der Waals surface area (Å²) in [5, 5.41) is 0. The molecule has 5 nitrogen and oxygen atoms in total. The molecule has 1 saturated heterocycles. The van der Waals surface area contributed by atoms with E-state index in [0.717, 1.165) is 17.6 Å². The summed E-state index contributed by atoms with van der Waals surface area (Å²) >= 11 is 0. The first-order chi connectivity index (χ1) is 9.90. The topological polar surface area (TPSA) is 55.8 Å². The molecule has 112 valence electrons. The van der Waals surface area contributed by atoms with Crippen LogP contribution < -0.4 is 4.74 Å². The first-order valence-corrected chi connectivity index (χ1v) is 7.13. The lowest BCUT2D eigenvalue weighted by Gasteiger charge is -2.30. The zero-order valence-corrected chi connectivity index (χ0v) is 12.4. The Bertz CT molecular complexity index is 578. The van der Waals surface area contributed by atoms with Gasteiger partial charge in [-0.15, -0.1) is 0 Å². The van der Waals surface area contributed by atoms with Gasteiger partial charge in [0.1, 0.15) is 29.8 Å². The van der Waals surface area contributed by atoms with E-state index in [1.54, 1.807) is 0 Å². The predicted molar refractivity (Wildman–Crippen MR) is 76.1 cm³/mol. The van der Waals surface area contributed by atoms with Gasteiger partial charge in [0.25, 0.3) is 0 Å². The Morgan fingerprint density at radius 3 is 2.76 bits per heavy atom. The second-order valence-corrected chi connectivity index (χ2v) is 6.46. The fourth-order valence-electron chi connectivity index (χ4n) is 3.00. The van der Waals surface area contributed by atoms with Crippen LogP contribution >= 0.6 is 0 Å². The van der Waals surface area contributed by atoms with E-state index in [4.69, 9.17) is 9.47 Å². The molecule has 0 spiro atoms. The van der Waals surface area contributed by atoms with Crippen molar-refractivity contribution >= 4 is 12.4 Å². The second-order valence-electron chi connectivity index (χ2n) is 6.46. The van der Waals surface area contributed by atoms with Crippen molar-refractivity contribution in [2.24, 2.45) is 0 Å². The molecule has 1 fully saturated rings. The van der Waals surface area contributed by atoms with E-state index in [1.165, 1.54) is 4.90 Å². The molecule has 0 saturated carbocycles. The molecule has 1 aromatic rings. The number of ether oxygens (including phenoxy) is 2. The van der Waals surface area contributed by atoms with E-state index in [-0.39, 0.29) is 12.1 Å². The molecule has 0 aliphatic carbocycles. The zero-order chi connectivity index (χ0) is 15.2. The smallest absolute Gasteiger partial charge is 0.411 e. The monoisotopic (exact) mass is 289 g/mol. The zero-order valence-electron chi connectivity index (χ0n) is 12.4. The van der Waals surface area contributed by atoms with Crippen molar-refractivity contribution in [1.29, 1.82) is 0 Å². The molecule has 1 aromatic carbocycles. The minimum Gasteiger partial charge on any atom is -0.487 e. The number of likely N-dealkylation sites (tertiary alicyclic amines) is 1. The van der Waals surface area contributed by atoms with Crippen LogP contribution in [-0.2, 0) is 9.53 Å². The summed E-state index contributed by atoms with van der Waals surface area (Å²) in [6.07, 6.45) is 0.641. The van der Waals surface area contributed by atoms with Crippen molar-refractivity contribution in [3.05, 3.63) is 29.8 Å². The molecule has 2 aliphatic rings. The third kappa shape index (κ3) is 2.37. The summed E-state index contributed by atoms with van der Waals surface area (Å²) in [5.74, 6) is 0.747. The maximum absolute atomic E-state index is 12.5. The van der Waals surface area contributed by atoms with Gasteiger partial charge in [0.2, 0.25) is 0 Å². The Morgan fingerprint density at radius 2 is 2.10 bits per heavy atom. The van der Waals surface area contributed by atoms with Crippen molar-refractivity contribution < 1.29 is 19.1 Å². The van der Waals surface area contributed by atoms with Crippen LogP contribution in [0.4, 0.5) is 4.79 Å². The van der Waals surface area contributed by atoms with Gasteiger partial charge >= 0.3 is 6.09 Å². The molecule has 1 amide bonds. The number of aldehydes is 1. The number of carbonyl (C=O) groups is 2. The van der Waals surface area contributed by atoms with Gasteiger partial charge in [0.05, 0.1) is 6.04 Å². The Morgan fingerprint density at radius 1 is 1.38 bits per heavy atom. The lowest BCUT2D eigenvalue weighted by molar-refractivity contribution is -0.113. The third-order valence-electron chi connectivity index (χ3n) is 3.79. The minimum atomic E-state index is -0.600. The van der Waals surface area contributed by atoms with E-state index in [9.17, 15) is 9.59 Å². The first-order valence-electron chi connectivity index (χ1n) is 7.13. The van der Waals surface area contributed by atoms with Crippen LogP contribution in [0.5, 0.6) is 5.75 Å². The molecule has 5 heteroatoms. The fourth-order valence-corrected chi connectivity index (χ4v) is 3.00. The summed E-state index contributed by atoms with van der Waals surface area (Å²) in [5.41, 5.74) is 0.339. The third-order valence-corrected chi connectivity index (χ3v) is 3.79. The summed E-state index contributed by atoms with van der Waals surface area (Å²) in [7, 11) is 0. The summed E-state index contributed by atoms with van der Waals surface area (Å²) in [6.45, 7) is 5.44. The van der Waals surface area contributed by atoms with Crippen LogP contribution in [0.1, 0.15) is 38.8 Å². The highest BCUT2D eigenvalue weighted by Gasteiger charge is 2.50. The molecule has 0 aromatic heterocycles. The highest BCUT2D eigenvalue weighted by molar-refractivity contribution is 5.76.